The zero-order valence-electron chi connectivity index (χ0n) is 10.1. The van der Waals surface area contributed by atoms with Crippen LogP contribution in [0.25, 0.3) is 5.52 Å². The maximum absolute atomic E-state index is 4.35. The highest BCUT2D eigenvalue weighted by Crippen LogP contribution is 2.14. The summed E-state index contributed by atoms with van der Waals surface area (Å²) in [4.78, 5) is 11.6. The Morgan fingerprint density at radius 3 is 3.11 bits per heavy atom. The van der Waals surface area contributed by atoms with Crippen LogP contribution in [0, 0.1) is 6.92 Å². The minimum absolute atomic E-state index is 0.782. The van der Waals surface area contributed by atoms with Gasteiger partial charge in [0.1, 0.15) is 11.3 Å². The summed E-state index contributed by atoms with van der Waals surface area (Å²) in [6.07, 6.45) is 8.01. The Hall–Kier alpha value is -2.37. The van der Waals surface area contributed by atoms with Gasteiger partial charge in [-0.1, -0.05) is 0 Å². The topological polar surface area (TPSA) is 70.9 Å². The first-order valence-corrected chi connectivity index (χ1v) is 5.86. The normalized spacial score (nSPS) is 10.9. The molecule has 0 amide bonds. The highest BCUT2D eigenvalue weighted by atomic mass is 15.2. The first kappa shape index (κ1) is 10.8. The smallest absolute Gasteiger partial charge is 0.152 e. The largest absolute Gasteiger partial charge is 0.368 e. The molecule has 0 unspecified atom stereocenters. The van der Waals surface area contributed by atoms with Gasteiger partial charge in [0.2, 0.25) is 0 Å². The molecule has 0 saturated heterocycles. The molecule has 0 aliphatic heterocycles. The van der Waals surface area contributed by atoms with Gasteiger partial charge in [0.25, 0.3) is 0 Å². The fraction of sp³-hybridized carbons (Fsp3) is 0.250. The number of aromatic nitrogens is 5. The van der Waals surface area contributed by atoms with E-state index >= 15 is 0 Å². The Kier molecular flexibility index (Phi) is 2.68. The minimum atomic E-state index is 0.782. The summed E-state index contributed by atoms with van der Waals surface area (Å²) < 4.78 is 1.83. The zero-order valence-corrected chi connectivity index (χ0v) is 10.1. The molecule has 0 bridgehead atoms. The fourth-order valence-electron chi connectivity index (χ4n) is 1.91. The number of aryl methyl sites for hydroxylation is 1. The number of anilines is 1. The number of imidazole rings is 1. The van der Waals surface area contributed by atoms with Crippen molar-refractivity contribution in [2.45, 2.75) is 13.3 Å². The van der Waals surface area contributed by atoms with Crippen LogP contribution in [0.15, 0.2) is 30.9 Å². The summed E-state index contributed by atoms with van der Waals surface area (Å²) in [5, 5.41) is 7.66. The summed E-state index contributed by atoms with van der Waals surface area (Å²) in [6, 6.07) is 2.02. The molecular formula is C12H14N6. The predicted octanol–water partition coefficient (Wildman–Crippen LogP) is 1.42. The molecule has 3 aromatic heterocycles. The van der Waals surface area contributed by atoms with Crippen LogP contribution < -0.4 is 5.32 Å². The molecule has 92 valence electrons. The van der Waals surface area contributed by atoms with Crippen LogP contribution in [0.4, 0.5) is 5.82 Å². The van der Waals surface area contributed by atoms with Gasteiger partial charge in [0.05, 0.1) is 5.69 Å². The number of aromatic amines is 1. The Morgan fingerprint density at radius 1 is 1.33 bits per heavy atom. The van der Waals surface area contributed by atoms with Gasteiger partial charge in [-0.25, -0.2) is 14.5 Å². The Bertz CT molecular complexity index is 640. The third-order valence-corrected chi connectivity index (χ3v) is 2.72. The second-order valence-corrected chi connectivity index (χ2v) is 4.10. The van der Waals surface area contributed by atoms with Crippen molar-refractivity contribution in [2.24, 2.45) is 0 Å². The molecule has 3 rings (SSSR count). The van der Waals surface area contributed by atoms with Gasteiger partial charge < -0.3 is 10.3 Å². The second kappa shape index (κ2) is 4.48. The molecule has 2 N–H and O–H groups in total. The van der Waals surface area contributed by atoms with E-state index in [1.165, 1.54) is 0 Å². The van der Waals surface area contributed by atoms with Crippen LogP contribution in [0.5, 0.6) is 0 Å². The number of rotatable bonds is 4. The van der Waals surface area contributed by atoms with Gasteiger partial charge >= 0.3 is 0 Å². The molecule has 0 aromatic carbocycles. The molecule has 0 radical (unpaired) electrons. The van der Waals surface area contributed by atoms with Crippen molar-refractivity contribution >= 4 is 11.3 Å². The fourth-order valence-corrected chi connectivity index (χ4v) is 1.91. The van der Waals surface area contributed by atoms with E-state index in [1.807, 2.05) is 29.9 Å². The Balaban J connectivity index is 1.74. The lowest BCUT2D eigenvalue weighted by atomic mass is 10.3. The van der Waals surface area contributed by atoms with Gasteiger partial charge in [-0.3, -0.25) is 0 Å². The number of hydrogen-bond acceptors (Lipinski definition) is 4. The average molecular weight is 242 g/mol. The lowest BCUT2D eigenvalue weighted by molar-refractivity contribution is 0.903. The van der Waals surface area contributed by atoms with Gasteiger partial charge in [-0.15, -0.1) is 0 Å². The van der Waals surface area contributed by atoms with Crippen LogP contribution in [-0.2, 0) is 6.42 Å². The number of nitrogens with zero attached hydrogens (tertiary/aromatic N) is 4. The molecule has 0 fully saturated rings. The van der Waals surface area contributed by atoms with Crippen molar-refractivity contribution in [2.75, 3.05) is 11.9 Å². The number of nitrogens with one attached hydrogen (secondary N) is 2. The Morgan fingerprint density at radius 2 is 2.28 bits per heavy atom. The standard InChI is InChI=1S/C12H14N6/c1-9-8-10-12(16-6-7-18(10)17-9)15-3-2-11-13-4-5-14-11/h4-8H,2-3H2,1H3,(H,13,14)(H,15,16). The molecule has 6 nitrogen and oxygen atoms in total. The van der Waals surface area contributed by atoms with E-state index in [1.54, 1.807) is 12.4 Å². The average Bonchev–Trinajstić information content (AvgIpc) is 2.97. The van der Waals surface area contributed by atoms with Crippen LogP contribution in [-0.4, -0.2) is 31.1 Å². The maximum atomic E-state index is 4.35. The van der Waals surface area contributed by atoms with Gasteiger partial charge in [-0.2, -0.15) is 5.10 Å². The van der Waals surface area contributed by atoms with E-state index in [9.17, 15) is 0 Å². The molecule has 6 heteroatoms. The van der Waals surface area contributed by atoms with Crippen molar-refractivity contribution in [1.82, 2.24) is 24.6 Å². The summed E-state index contributed by atoms with van der Waals surface area (Å²) in [7, 11) is 0. The van der Waals surface area contributed by atoms with Crippen molar-refractivity contribution < 1.29 is 0 Å². The highest BCUT2D eigenvalue weighted by molar-refractivity contribution is 5.67. The highest BCUT2D eigenvalue weighted by Gasteiger charge is 2.04. The van der Waals surface area contributed by atoms with E-state index < -0.39 is 0 Å². The lowest BCUT2D eigenvalue weighted by Gasteiger charge is -2.05. The van der Waals surface area contributed by atoms with Crippen LogP contribution in [0.2, 0.25) is 0 Å². The molecular weight excluding hydrogens is 228 g/mol. The van der Waals surface area contributed by atoms with E-state index in [4.69, 9.17) is 0 Å². The van der Waals surface area contributed by atoms with E-state index in [2.05, 4.69) is 25.4 Å². The van der Waals surface area contributed by atoms with Crippen molar-refractivity contribution in [1.29, 1.82) is 0 Å². The first-order chi connectivity index (χ1) is 8.83. The van der Waals surface area contributed by atoms with Gasteiger partial charge in [0, 0.05) is 37.8 Å². The van der Waals surface area contributed by atoms with E-state index in [-0.39, 0.29) is 0 Å². The summed E-state index contributed by atoms with van der Waals surface area (Å²) in [5.41, 5.74) is 1.98. The number of H-pyrrole nitrogens is 1. The monoisotopic (exact) mass is 242 g/mol. The molecule has 0 saturated carbocycles. The first-order valence-electron chi connectivity index (χ1n) is 5.86. The van der Waals surface area contributed by atoms with E-state index in [0.29, 0.717) is 0 Å². The molecule has 0 spiro atoms. The Labute approximate surface area is 104 Å². The lowest BCUT2D eigenvalue weighted by Crippen LogP contribution is -2.08. The third-order valence-electron chi connectivity index (χ3n) is 2.72. The zero-order chi connectivity index (χ0) is 12.4. The molecule has 0 aliphatic rings. The SMILES string of the molecule is Cc1cc2c(NCCc3ncc[nH]3)nccn2n1. The van der Waals surface area contributed by atoms with Gasteiger partial charge in [-0.05, 0) is 13.0 Å². The maximum Gasteiger partial charge on any atom is 0.152 e. The van der Waals surface area contributed by atoms with Crippen LogP contribution >= 0.6 is 0 Å². The molecule has 0 aliphatic carbocycles. The van der Waals surface area contributed by atoms with Crippen molar-refractivity contribution in [3.63, 3.8) is 0 Å². The third kappa shape index (κ3) is 2.04. The van der Waals surface area contributed by atoms with Crippen LogP contribution in [0.1, 0.15) is 11.5 Å². The van der Waals surface area contributed by atoms with Crippen LogP contribution in [0.3, 0.4) is 0 Å². The summed E-state index contributed by atoms with van der Waals surface area (Å²) >= 11 is 0. The molecule has 3 aromatic rings. The number of fused-ring (bicyclic) bond motifs is 1. The summed E-state index contributed by atoms with van der Waals surface area (Å²) in [6.45, 7) is 2.75. The molecule has 18 heavy (non-hydrogen) atoms. The molecule has 0 atom stereocenters. The van der Waals surface area contributed by atoms with Crippen molar-refractivity contribution in [3.8, 4) is 0 Å². The molecule has 3 heterocycles. The predicted molar refractivity (Wildman–Crippen MR) is 68.5 cm³/mol. The second-order valence-electron chi connectivity index (χ2n) is 4.10. The van der Waals surface area contributed by atoms with E-state index in [0.717, 1.165) is 35.8 Å². The quantitative estimate of drug-likeness (QED) is 0.725. The number of hydrogen-bond donors (Lipinski definition) is 2. The van der Waals surface area contributed by atoms with Crippen molar-refractivity contribution in [3.05, 3.63) is 42.4 Å². The van der Waals surface area contributed by atoms with Gasteiger partial charge in [0.15, 0.2) is 5.82 Å². The summed E-state index contributed by atoms with van der Waals surface area (Å²) in [5.74, 6) is 1.82. The minimum Gasteiger partial charge on any atom is -0.368 e.